The number of aryl methyl sites for hydroxylation is 1. The van der Waals surface area contributed by atoms with E-state index in [2.05, 4.69) is 15.9 Å². The van der Waals surface area contributed by atoms with Gasteiger partial charge in [0, 0.05) is 11.0 Å². The molecule has 136 valence electrons. The van der Waals surface area contributed by atoms with Gasteiger partial charge >= 0.3 is 11.4 Å². The molecule has 0 atom stereocenters. The van der Waals surface area contributed by atoms with Crippen LogP contribution in [0.5, 0.6) is 5.75 Å². The van der Waals surface area contributed by atoms with Crippen molar-refractivity contribution in [1.82, 2.24) is 4.57 Å². The normalized spacial score (nSPS) is 11.0. The van der Waals surface area contributed by atoms with Gasteiger partial charge in [0.05, 0.1) is 22.5 Å². The molecule has 3 rings (SSSR count). The molecule has 0 radical (unpaired) electrons. The molecule has 0 aliphatic rings. The van der Waals surface area contributed by atoms with Gasteiger partial charge in [-0.05, 0) is 43.2 Å². The molecule has 0 aliphatic carbocycles. The Bertz CT molecular complexity index is 1060. The topological polar surface area (TPSA) is 61.4 Å². The second-order valence-electron chi connectivity index (χ2n) is 5.58. The SMILES string of the molecule is O=c1oc(=O)n(CCCCOc2cccc(Cl)c2Cl)c2ccc(Br)cc12. The summed E-state index contributed by atoms with van der Waals surface area (Å²) in [5.74, 6) is -0.138. The molecule has 0 fully saturated rings. The number of fused-ring (bicyclic) bond motifs is 1. The van der Waals surface area contributed by atoms with Gasteiger partial charge < -0.3 is 9.15 Å². The second-order valence-corrected chi connectivity index (χ2v) is 7.28. The summed E-state index contributed by atoms with van der Waals surface area (Å²) in [6.45, 7) is 0.836. The fourth-order valence-corrected chi connectivity index (χ4v) is 3.26. The average molecular weight is 459 g/mol. The van der Waals surface area contributed by atoms with Crippen LogP contribution in [-0.4, -0.2) is 11.2 Å². The van der Waals surface area contributed by atoms with Crippen molar-refractivity contribution in [3.63, 3.8) is 0 Å². The maximum absolute atomic E-state index is 12.0. The van der Waals surface area contributed by atoms with Gasteiger partial charge in [-0.2, -0.15) is 0 Å². The van der Waals surface area contributed by atoms with Crippen LogP contribution in [0.2, 0.25) is 10.0 Å². The monoisotopic (exact) mass is 457 g/mol. The van der Waals surface area contributed by atoms with Crippen LogP contribution in [-0.2, 0) is 6.54 Å². The van der Waals surface area contributed by atoms with E-state index in [1.807, 2.05) is 0 Å². The Kier molecular flexibility index (Phi) is 6.06. The van der Waals surface area contributed by atoms with Crippen LogP contribution in [0.4, 0.5) is 0 Å². The van der Waals surface area contributed by atoms with Crippen molar-refractivity contribution in [1.29, 1.82) is 0 Å². The largest absolute Gasteiger partial charge is 0.492 e. The van der Waals surface area contributed by atoms with E-state index < -0.39 is 11.4 Å². The van der Waals surface area contributed by atoms with Crippen molar-refractivity contribution in [2.75, 3.05) is 6.61 Å². The number of rotatable bonds is 6. The predicted octanol–water partition coefficient (Wildman–Crippen LogP) is 4.88. The first-order chi connectivity index (χ1) is 12.5. The number of unbranched alkanes of at least 4 members (excludes halogenated alkanes) is 1. The molecule has 26 heavy (non-hydrogen) atoms. The first kappa shape index (κ1) is 19.0. The van der Waals surface area contributed by atoms with Crippen LogP contribution in [0.15, 0.2) is 54.9 Å². The Balaban J connectivity index is 1.66. The van der Waals surface area contributed by atoms with Crippen molar-refractivity contribution in [2.24, 2.45) is 0 Å². The van der Waals surface area contributed by atoms with Crippen molar-refractivity contribution in [2.45, 2.75) is 19.4 Å². The van der Waals surface area contributed by atoms with Gasteiger partial charge in [-0.15, -0.1) is 0 Å². The lowest BCUT2D eigenvalue weighted by molar-refractivity contribution is 0.301. The van der Waals surface area contributed by atoms with E-state index >= 15 is 0 Å². The third-order valence-electron chi connectivity index (χ3n) is 3.82. The first-order valence-corrected chi connectivity index (χ1v) is 9.42. The number of nitrogens with zero attached hydrogens (tertiary/aromatic N) is 1. The second kappa shape index (κ2) is 8.29. The summed E-state index contributed by atoms with van der Waals surface area (Å²) in [5.41, 5.74) is -0.0882. The molecule has 0 saturated heterocycles. The molecule has 8 heteroatoms. The molecule has 1 heterocycles. The van der Waals surface area contributed by atoms with Crippen LogP contribution in [0.3, 0.4) is 0 Å². The number of hydrogen-bond acceptors (Lipinski definition) is 4. The highest BCUT2D eigenvalue weighted by molar-refractivity contribution is 9.10. The number of ether oxygens (including phenoxy) is 1. The van der Waals surface area contributed by atoms with Crippen molar-refractivity contribution in [3.05, 3.63) is 71.9 Å². The third kappa shape index (κ3) is 4.14. The molecular weight excluding hydrogens is 445 g/mol. The summed E-state index contributed by atoms with van der Waals surface area (Å²) in [4.78, 5) is 23.9. The van der Waals surface area contributed by atoms with Gasteiger partial charge in [-0.3, -0.25) is 4.57 Å². The van der Waals surface area contributed by atoms with Crippen LogP contribution < -0.4 is 16.1 Å². The van der Waals surface area contributed by atoms with E-state index in [0.717, 1.165) is 4.47 Å². The summed E-state index contributed by atoms with van der Waals surface area (Å²) in [5, 5.41) is 1.18. The van der Waals surface area contributed by atoms with Crippen LogP contribution in [0.1, 0.15) is 12.8 Å². The molecule has 0 saturated carbocycles. The molecule has 0 amide bonds. The summed E-state index contributed by atoms with van der Waals surface area (Å²) >= 11 is 15.3. The predicted molar refractivity (Wildman–Crippen MR) is 106 cm³/mol. The Morgan fingerprint density at radius 1 is 1.12 bits per heavy atom. The summed E-state index contributed by atoms with van der Waals surface area (Å²) < 4.78 is 12.6. The lowest BCUT2D eigenvalue weighted by atomic mass is 10.2. The molecule has 0 aliphatic heterocycles. The zero-order valence-electron chi connectivity index (χ0n) is 13.5. The van der Waals surface area contributed by atoms with Crippen LogP contribution in [0, 0.1) is 0 Å². The van der Waals surface area contributed by atoms with Gasteiger partial charge in [-0.25, -0.2) is 9.59 Å². The van der Waals surface area contributed by atoms with E-state index in [1.165, 1.54) is 4.57 Å². The molecule has 0 bridgehead atoms. The van der Waals surface area contributed by atoms with Gasteiger partial charge in [-0.1, -0.05) is 45.2 Å². The fraction of sp³-hybridized carbons (Fsp3) is 0.222. The standard InChI is InChI=1S/C18H14BrCl2NO4/c19-11-6-7-14-12(10-11)17(23)26-18(24)22(14)8-1-2-9-25-15-5-3-4-13(20)16(15)21/h3-7,10H,1-2,8-9H2. The smallest absolute Gasteiger partial charge is 0.422 e. The van der Waals surface area contributed by atoms with E-state index in [-0.39, 0.29) is 0 Å². The quantitative estimate of drug-likeness (QED) is 0.493. The van der Waals surface area contributed by atoms with Crippen LogP contribution in [0.25, 0.3) is 10.9 Å². The maximum atomic E-state index is 12.0. The van der Waals surface area contributed by atoms with Crippen LogP contribution >= 0.6 is 39.1 Å². The molecule has 3 aromatic rings. The Morgan fingerprint density at radius 2 is 1.92 bits per heavy atom. The molecule has 0 unspecified atom stereocenters. The zero-order valence-corrected chi connectivity index (χ0v) is 16.6. The lowest BCUT2D eigenvalue weighted by Gasteiger charge is -2.10. The summed E-state index contributed by atoms with van der Waals surface area (Å²) in [7, 11) is 0. The zero-order chi connectivity index (χ0) is 18.7. The molecule has 1 aromatic heterocycles. The Hall–Kier alpha value is -1.76. The van der Waals surface area contributed by atoms with E-state index in [4.69, 9.17) is 32.4 Å². The highest BCUT2D eigenvalue weighted by atomic mass is 79.9. The number of hydrogen-bond donors (Lipinski definition) is 0. The molecule has 2 aromatic carbocycles. The molecule has 0 spiro atoms. The number of aromatic nitrogens is 1. The van der Waals surface area contributed by atoms with E-state index in [0.29, 0.717) is 52.7 Å². The van der Waals surface area contributed by atoms with Crippen molar-refractivity contribution >= 4 is 50.0 Å². The maximum Gasteiger partial charge on any atom is 0.422 e. The Labute approximate surface area is 167 Å². The molecule has 5 nitrogen and oxygen atoms in total. The highest BCUT2D eigenvalue weighted by Crippen LogP contribution is 2.31. The first-order valence-electron chi connectivity index (χ1n) is 7.87. The minimum Gasteiger partial charge on any atom is -0.492 e. The lowest BCUT2D eigenvalue weighted by Crippen LogP contribution is -2.25. The van der Waals surface area contributed by atoms with Crippen molar-refractivity contribution < 1.29 is 9.15 Å². The summed E-state index contributed by atoms with van der Waals surface area (Å²) in [6.07, 6.45) is 1.35. The van der Waals surface area contributed by atoms with Gasteiger partial charge in [0.15, 0.2) is 0 Å². The summed E-state index contributed by atoms with van der Waals surface area (Å²) in [6, 6.07) is 10.3. The van der Waals surface area contributed by atoms with Gasteiger partial charge in [0.1, 0.15) is 10.8 Å². The molecular formula is C18H14BrCl2NO4. The van der Waals surface area contributed by atoms with Gasteiger partial charge in [0.2, 0.25) is 0 Å². The minimum atomic E-state index is -0.663. The third-order valence-corrected chi connectivity index (χ3v) is 5.11. The highest BCUT2D eigenvalue weighted by Gasteiger charge is 2.10. The van der Waals surface area contributed by atoms with E-state index in [1.54, 1.807) is 36.4 Å². The average Bonchev–Trinajstić information content (AvgIpc) is 2.61. The number of benzene rings is 2. The fourth-order valence-electron chi connectivity index (χ4n) is 2.56. The number of halogens is 3. The van der Waals surface area contributed by atoms with Crippen molar-refractivity contribution in [3.8, 4) is 5.75 Å². The Morgan fingerprint density at radius 3 is 2.73 bits per heavy atom. The molecule has 0 N–H and O–H groups in total. The van der Waals surface area contributed by atoms with Gasteiger partial charge in [0.25, 0.3) is 0 Å². The minimum absolute atomic E-state index is 0.362. The van der Waals surface area contributed by atoms with E-state index in [9.17, 15) is 9.59 Å².